The molecule has 0 radical (unpaired) electrons. The van der Waals surface area contributed by atoms with Crippen LogP contribution in [0.2, 0.25) is 0 Å². The summed E-state index contributed by atoms with van der Waals surface area (Å²) in [7, 11) is 2.02. The van der Waals surface area contributed by atoms with Crippen LogP contribution < -0.4 is 10.6 Å². The van der Waals surface area contributed by atoms with Crippen molar-refractivity contribution in [3.8, 4) is 0 Å². The molecule has 0 saturated heterocycles. The molecule has 0 fully saturated rings. The van der Waals surface area contributed by atoms with Crippen molar-refractivity contribution in [3.05, 3.63) is 36.3 Å². The molecule has 4 N–H and O–H groups in total. The van der Waals surface area contributed by atoms with E-state index in [-0.39, 0.29) is 0 Å². The molecule has 2 heterocycles. The molecule has 0 spiro atoms. The number of nitrogen functional groups attached to an aromatic ring is 1. The molecule has 1 aromatic carbocycles. The third-order valence-electron chi connectivity index (χ3n) is 2.90. The van der Waals surface area contributed by atoms with E-state index in [1.807, 2.05) is 25.2 Å². The topological polar surface area (TPSA) is 86.6 Å². The highest BCUT2D eigenvalue weighted by Crippen LogP contribution is 2.20. The van der Waals surface area contributed by atoms with Crippen molar-refractivity contribution in [1.29, 1.82) is 0 Å². The van der Waals surface area contributed by atoms with E-state index >= 15 is 0 Å². The number of aromatic amines is 2. The summed E-state index contributed by atoms with van der Waals surface area (Å²) < 4.78 is 0. The van der Waals surface area contributed by atoms with Crippen LogP contribution in [0.15, 0.2) is 30.6 Å². The zero-order chi connectivity index (χ0) is 12.5. The standard InChI is InChI=1S/C12H14N6/c1-18(6-8-4-12(13)17-16-8)9-2-3-10-11(5-9)15-7-14-10/h2-5,7H,6H2,1H3,(H,14,15)(H3,13,16,17). The van der Waals surface area contributed by atoms with Crippen LogP contribution in [0, 0.1) is 0 Å². The fourth-order valence-electron chi connectivity index (χ4n) is 1.97. The summed E-state index contributed by atoms with van der Waals surface area (Å²) in [5.74, 6) is 0.516. The minimum Gasteiger partial charge on any atom is -0.382 e. The van der Waals surface area contributed by atoms with Crippen LogP contribution in [0.1, 0.15) is 5.69 Å². The molecule has 3 rings (SSSR count). The number of fused-ring (bicyclic) bond motifs is 1. The largest absolute Gasteiger partial charge is 0.382 e. The van der Waals surface area contributed by atoms with Gasteiger partial charge in [-0.15, -0.1) is 0 Å². The first-order valence-electron chi connectivity index (χ1n) is 5.66. The first kappa shape index (κ1) is 10.6. The summed E-state index contributed by atoms with van der Waals surface area (Å²) in [6, 6.07) is 7.95. The third kappa shape index (κ3) is 1.88. The molecule has 0 atom stereocenters. The number of rotatable bonds is 3. The Bertz CT molecular complexity index is 668. The number of nitrogens with one attached hydrogen (secondary N) is 2. The smallest absolute Gasteiger partial charge is 0.145 e. The zero-order valence-electron chi connectivity index (χ0n) is 10.0. The summed E-state index contributed by atoms with van der Waals surface area (Å²) in [4.78, 5) is 9.42. The monoisotopic (exact) mass is 242 g/mol. The SMILES string of the molecule is CN(Cc1cc(N)n[nH]1)c1ccc2nc[nH]c2c1. The molecule has 0 aliphatic rings. The first-order chi connectivity index (χ1) is 8.72. The highest BCUT2D eigenvalue weighted by atomic mass is 15.2. The molecule has 0 amide bonds. The van der Waals surface area contributed by atoms with Gasteiger partial charge in [0.15, 0.2) is 0 Å². The van der Waals surface area contributed by atoms with E-state index in [1.165, 1.54) is 0 Å². The highest BCUT2D eigenvalue weighted by Gasteiger charge is 2.06. The Morgan fingerprint density at radius 3 is 3.00 bits per heavy atom. The van der Waals surface area contributed by atoms with Gasteiger partial charge in [0.2, 0.25) is 0 Å². The molecule has 6 nitrogen and oxygen atoms in total. The fourth-order valence-corrected chi connectivity index (χ4v) is 1.97. The number of hydrogen-bond donors (Lipinski definition) is 3. The van der Waals surface area contributed by atoms with E-state index in [0.29, 0.717) is 5.82 Å². The molecule has 6 heteroatoms. The zero-order valence-corrected chi connectivity index (χ0v) is 10.0. The van der Waals surface area contributed by atoms with Gasteiger partial charge in [0, 0.05) is 18.8 Å². The lowest BCUT2D eigenvalue weighted by Crippen LogP contribution is -2.16. The van der Waals surface area contributed by atoms with Crippen molar-refractivity contribution in [2.75, 3.05) is 17.7 Å². The van der Waals surface area contributed by atoms with Crippen LogP contribution in [0.25, 0.3) is 11.0 Å². The highest BCUT2D eigenvalue weighted by molar-refractivity contribution is 5.78. The number of imidazole rings is 1. The van der Waals surface area contributed by atoms with Gasteiger partial charge in [-0.1, -0.05) is 0 Å². The molecule has 0 saturated carbocycles. The summed E-state index contributed by atoms with van der Waals surface area (Å²) in [6.45, 7) is 0.726. The van der Waals surface area contributed by atoms with Crippen molar-refractivity contribution >= 4 is 22.5 Å². The first-order valence-corrected chi connectivity index (χ1v) is 5.66. The summed E-state index contributed by atoms with van der Waals surface area (Å²) in [6.07, 6.45) is 1.70. The number of benzene rings is 1. The quantitative estimate of drug-likeness (QED) is 0.649. The lowest BCUT2D eigenvalue weighted by Gasteiger charge is -2.18. The summed E-state index contributed by atoms with van der Waals surface area (Å²) in [5.41, 5.74) is 9.68. The van der Waals surface area contributed by atoms with Gasteiger partial charge in [-0.3, -0.25) is 5.10 Å². The van der Waals surface area contributed by atoms with Gasteiger partial charge < -0.3 is 15.6 Å². The van der Waals surface area contributed by atoms with E-state index in [2.05, 4.69) is 31.1 Å². The molecule has 0 aliphatic heterocycles. The predicted octanol–water partition coefficient (Wildman–Crippen LogP) is 1.50. The van der Waals surface area contributed by atoms with Crippen molar-refractivity contribution < 1.29 is 0 Å². The maximum Gasteiger partial charge on any atom is 0.145 e. The normalized spacial score (nSPS) is 10.9. The number of hydrogen-bond acceptors (Lipinski definition) is 4. The minimum atomic E-state index is 0.516. The molecule has 18 heavy (non-hydrogen) atoms. The Labute approximate surface area is 104 Å². The Balaban J connectivity index is 1.84. The van der Waals surface area contributed by atoms with Gasteiger partial charge in [-0.05, 0) is 18.2 Å². The Hall–Kier alpha value is -2.50. The van der Waals surface area contributed by atoms with Crippen LogP contribution in [-0.4, -0.2) is 27.2 Å². The second kappa shape index (κ2) is 4.06. The molecule has 3 aromatic rings. The van der Waals surface area contributed by atoms with Gasteiger partial charge in [-0.2, -0.15) is 5.10 Å². The van der Waals surface area contributed by atoms with Crippen molar-refractivity contribution in [2.45, 2.75) is 6.54 Å². The Kier molecular flexibility index (Phi) is 2.40. The Morgan fingerprint density at radius 1 is 1.33 bits per heavy atom. The number of nitrogens with zero attached hydrogens (tertiary/aromatic N) is 3. The third-order valence-corrected chi connectivity index (χ3v) is 2.90. The van der Waals surface area contributed by atoms with Crippen LogP contribution in [0.4, 0.5) is 11.5 Å². The van der Waals surface area contributed by atoms with Crippen molar-refractivity contribution in [3.63, 3.8) is 0 Å². The minimum absolute atomic E-state index is 0.516. The second-order valence-corrected chi connectivity index (χ2v) is 4.28. The summed E-state index contributed by atoms with van der Waals surface area (Å²) >= 11 is 0. The molecule has 0 aliphatic carbocycles. The van der Waals surface area contributed by atoms with Crippen LogP contribution in [0.3, 0.4) is 0 Å². The van der Waals surface area contributed by atoms with Crippen LogP contribution >= 0.6 is 0 Å². The van der Waals surface area contributed by atoms with Gasteiger partial charge in [0.1, 0.15) is 5.82 Å². The van der Waals surface area contributed by atoms with E-state index in [1.54, 1.807) is 6.33 Å². The average Bonchev–Trinajstić information content (AvgIpc) is 2.96. The van der Waals surface area contributed by atoms with Crippen LogP contribution in [-0.2, 0) is 6.54 Å². The Morgan fingerprint density at radius 2 is 2.22 bits per heavy atom. The molecular formula is C12H14N6. The average molecular weight is 242 g/mol. The maximum absolute atomic E-state index is 5.58. The van der Waals surface area contributed by atoms with Gasteiger partial charge in [0.25, 0.3) is 0 Å². The number of H-pyrrole nitrogens is 2. The molecule has 0 unspecified atom stereocenters. The molecular weight excluding hydrogens is 228 g/mol. The second-order valence-electron chi connectivity index (χ2n) is 4.28. The predicted molar refractivity (Wildman–Crippen MR) is 71.2 cm³/mol. The van der Waals surface area contributed by atoms with Crippen molar-refractivity contribution in [2.24, 2.45) is 0 Å². The van der Waals surface area contributed by atoms with E-state index in [4.69, 9.17) is 5.73 Å². The number of aromatic nitrogens is 4. The maximum atomic E-state index is 5.58. The van der Waals surface area contributed by atoms with Crippen LogP contribution in [0.5, 0.6) is 0 Å². The van der Waals surface area contributed by atoms with Gasteiger partial charge in [-0.25, -0.2) is 4.98 Å². The lowest BCUT2D eigenvalue weighted by atomic mass is 10.2. The molecule has 2 aromatic heterocycles. The van der Waals surface area contributed by atoms with Gasteiger partial charge >= 0.3 is 0 Å². The van der Waals surface area contributed by atoms with E-state index < -0.39 is 0 Å². The molecule has 92 valence electrons. The molecule has 0 bridgehead atoms. The fraction of sp³-hybridized carbons (Fsp3) is 0.167. The van der Waals surface area contributed by atoms with Crippen molar-refractivity contribution in [1.82, 2.24) is 20.2 Å². The number of anilines is 2. The van der Waals surface area contributed by atoms with E-state index in [9.17, 15) is 0 Å². The summed E-state index contributed by atoms with van der Waals surface area (Å²) in [5, 5.41) is 6.82. The number of nitrogens with two attached hydrogens (primary N) is 1. The van der Waals surface area contributed by atoms with E-state index in [0.717, 1.165) is 29.0 Å². The van der Waals surface area contributed by atoms with Gasteiger partial charge in [0.05, 0.1) is 29.6 Å². The lowest BCUT2D eigenvalue weighted by molar-refractivity contribution is 0.870.